The molecule has 1 fully saturated rings. The molecule has 0 atom stereocenters. The Kier molecular flexibility index (Phi) is 3.52. The predicted molar refractivity (Wildman–Crippen MR) is 61.0 cm³/mol. The Morgan fingerprint density at radius 3 is 2.59 bits per heavy atom. The number of carbonyl (C=O) groups excluding carboxylic acids is 1. The first-order chi connectivity index (χ1) is 8.11. The molecule has 2 nitrogen and oxygen atoms in total. The molecule has 17 heavy (non-hydrogen) atoms. The van der Waals surface area contributed by atoms with Gasteiger partial charge >= 0.3 is 0 Å². The summed E-state index contributed by atoms with van der Waals surface area (Å²) in [5.41, 5.74) is 0.239. The standard InChI is InChI=1S/C13H15F2NO/c1-2-16(10-4-5-10)8-13(17)9-3-6-11(14)12(15)7-9/h3,6-7,10H,2,4-5,8H2,1H3. The summed E-state index contributed by atoms with van der Waals surface area (Å²) in [6.45, 7) is 3.09. The molecule has 0 saturated heterocycles. The first kappa shape index (κ1) is 12.2. The predicted octanol–water partition coefficient (Wildman–Crippen LogP) is 2.63. The lowest BCUT2D eigenvalue weighted by Gasteiger charge is -2.18. The lowest BCUT2D eigenvalue weighted by molar-refractivity contribution is 0.0928. The zero-order valence-corrected chi connectivity index (χ0v) is 9.75. The van der Waals surface area contributed by atoms with Crippen LogP contribution in [0.15, 0.2) is 18.2 Å². The maximum atomic E-state index is 13.0. The van der Waals surface area contributed by atoms with Crippen molar-refractivity contribution in [3.8, 4) is 0 Å². The fourth-order valence-corrected chi connectivity index (χ4v) is 1.88. The average Bonchev–Trinajstić information content (AvgIpc) is 3.13. The van der Waals surface area contributed by atoms with Gasteiger partial charge in [-0.05, 0) is 37.6 Å². The molecule has 1 aliphatic rings. The van der Waals surface area contributed by atoms with Gasteiger partial charge in [0.2, 0.25) is 0 Å². The molecule has 1 aliphatic carbocycles. The molecule has 0 aliphatic heterocycles. The van der Waals surface area contributed by atoms with Gasteiger partial charge < -0.3 is 0 Å². The van der Waals surface area contributed by atoms with Gasteiger partial charge in [0.1, 0.15) is 0 Å². The third-order valence-electron chi connectivity index (χ3n) is 3.06. The minimum atomic E-state index is -0.967. The number of hydrogen-bond acceptors (Lipinski definition) is 2. The molecule has 4 heteroatoms. The van der Waals surface area contributed by atoms with Crippen LogP contribution in [0.5, 0.6) is 0 Å². The van der Waals surface area contributed by atoms with E-state index in [9.17, 15) is 13.6 Å². The smallest absolute Gasteiger partial charge is 0.176 e. The molecule has 0 amide bonds. The molecule has 1 aromatic rings. The Morgan fingerprint density at radius 1 is 1.35 bits per heavy atom. The summed E-state index contributed by atoms with van der Waals surface area (Å²) in [7, 11) is 0. The molecule has 0 radical (unpaired) electrons. The van der Waals surface area contributed by atoms with Crippen LogP contribution in [0.2, 0.25) is 0 Å². The number of rotatable bonds is 5. The number of benzene rings is 1. The Balaban J connectivity index is 2.05. The van der Waals surface area contributed by atoms with E-state index in [0.717, 1.165) is 31.5 Å². The van der Waals surface area contributed by atoms with Crippen molar-refractivity contribution in [2.45, 2.75) is 25.8 Å². The second kappa shape index (κ2) is 4.92. The van der Waals surface area contributed by atoms with Crippen LogP contribution >= 0.6 is 0 Å². The van der Waals surface area contributed by atoms with Gasteiger partial charge in [0.15, 0.2) is 17.4 Å². The highest BCUT2D eigenvalue weighted by atomic mass is 19.2. The van der Waals surface area contributed by atoms with Crippen LogP contribution in [-0.4, -0.2) is 29.8 Å². The maximum absolute atomic E-state index is 13.0. The van der Waals surface area contributed by atoms with E-state index in [0.29, 0.717) is 6.04 Å². The number of Topliss-reactive ketones (excluding diaryl/α,β-unsaturated/α-hetero) is 1. The van der Waals surface area contributed by atoms with Crippen molar-refractivity contribution in [1.82, 2.24) is 4.90 Å². The van der Waals surface area contributed by atoms with Gasteiger partial charge in [-0.25, -0.2) is 8.78 Å². The first-order valence-corrected chi connectivity index (χ1v) is 5.84. The maximum Gasteiger partial charge on any atom is 0.176 e. The molecule has 0 spiro atoms. The third-order valence-corrected chi connectivity index (χ3v) is 3.06. The molecule has 0 heterocycles. The third kappa shape index (κ3) is 2.88. The molecule has 0 bridgehead atoms. The summed E-state index contributed by atoms with van der Waals surface area (Å²) < 4.78 is 25.7. The Morgan fingerprint density at radius 2 is 2.06 bits per heavy atom. The van der Waals surface area contributed by atoms with Crippen molar-refractivity contribution in [3.05, 3.63) is 35.4 Å². The van der Waals surface area contributed by atoms with Crippen LogP contribution in [-0.2, 0) is 0 Å². The molecule has 1 saturated carbocycles. The molecule has 92 valence electrons. The molecule has 2 rings (SSSR count). The van der Waals surface area contributed by atoms with E-state index in [-0.39, 0.29) is 17.9 Å². The number of halogens is 2. The largest absolute Gasteiger partial charge is 0.293 e. The monoisotopic (exact) mass is 239 g/mol. The van der Waals surface area contributed by atoms with Crippen LogP contribution in [0.4, 0.5) is 8.78 Å². The molecular weight excluding hydrogens is 224 g/mol. The zero-order valence-electron chi connectivity index (χ0n) is 9.75. The van der Waals surface area contributed by atoms with Crippen molar-refractivity contribution in [2.75, 3.05) is 13.1 Å². The van der Waals surface area contributed by atoms with Crippen LogP contribution in [0.3, 0.4) is 0 Å². The van der Waals surface area contributed by atoms with Crippen molar-refractivity contribution >= 4 is 5.78 Å². The number of nitrogens with zero attached hydrogens (tertiary/aromatic N) is 1. The summed E-state index contributed by atoms with van der Waals surface area (Å²) in [4.78, 5) is 14.0. The highest BCUT2D eigenvalue weighted by Crippen LogP contribution is 2.26. The second-order valence-electron chi connectivity index (χ2n) is 4.35. The highest BCUT2D eigenvalue weighted by Gasteiger charge is 2.29. The van der Waals surface area contributed by atoms with Crippen molar-refractivity contribution in [1.29, 1.82) is 0 Å². The topological polar surface area (TPSA) is 20.3 Å². The minimum Gasteiger partial charge on any atom is -0.293 e. The van der Waals surface area contributed by atoms with E-state index in [2.05, 4.69) is 4.90 Å². The zero-order chi connectivity index (χ0) is 12.4. The quantitative estimate of drug-likeness (QED) is 0.736. The number of carbonyl (C=O) groups is 1. The summed E-state index contributed by atoms with van der Waals surface area (Å²) in [5, 5.41) is 0. The van der Waals surface area contributed by atoms with E-state index in [1.54, 1.807) is 0 Å². The normalized spacial score (nSPS) is 15.3. The Bertz CT molecular complexity index is 429. The van der Waals surface area contributed by atoms with Gasteiger partial charge in [-0.2, -0.15) is 0 Å². The summed E-state index contributed by atoms with van der Waals surface area (Å²) in [6, 6.07) is 3.80. The highest BCUT2D eigenvalue weighted by molar-refractivity contribution is 5.97. The second-order valence-corrected chi connectivity index (χ2v) is 4.35. The van der Waals surface area contributed by atoms with Gasteiger partial charge in [-0.3, -0.25) is 9.69 Å². The van der Waals surface area contributed by atoms with Crippen LogP contribution in [0.25, 0.3) is 0 Å². The van der Waals surface area contributed by atoms with Crippen molar-refractivity contribution < 1.29 is 13.6 Å². The Hall–Kier alpha value is -1.29. The molecule has 0 N–H and O–H groups in total. The molecule has 0 aromatic heterocycles. The SMILES string of the molecule is CCN(CC(=O)c1ccc(F)c(F)c1)C1CC1. The fraction of sp³-hybridized carbons (Fsp3) is 0.462. The van der Waals surface area contributed by atoms with Gasteiger partial charge in [-0.15, -0.1) is 0 Å². The van der Waals surface area contributed by atoms with Crippen LogP contribution in [0, 0.1) is 11.6 Å². The van der Waals surface area contributed by atoms with Crippen LogP contribution < -0.4 is 0 Å². The van der Waals surface area contributed by atoms with E-state index in [1.165, 1.54) is 6.07 Å². The molecular formula is C13H15F2NO. The Labute approximate surface area is 99.2 Å². The average molecular weight is 239 g/mol. The van der Waals surface area contributed by atoms with Gasteiger partial charge in [0, 0.05) is 11.6 Å². The van der Waals surface area contributed by atoms with E-state index in [1.807, 2.05) is 6.92 Å². The first-order valence-electron chi connectivity index (χ1n) is 5.84. The fourth-order valence-electron chi connectivity index (χ4n) is 1.88. The van der Waals surface area contributed by atoms with Crippen LogP contribution in [0.1, 0.15) is 30.1 Å². The summed E-state index contributed by atoms with van der Waals surface area (Å²) >= 11 is 0. The molecule has 1 aromatic carbocycles. The van der Waals surface area contributed by atoms with E-state index >= 15 is 0 Å². The minimum absolute atomic E-state index is 0.155. The van der Waals surface area contributed by atoms with E-state index in [4.69, 9.17) is 0 Å². The number of likely N-dealkylation sites (N-methyl/N-ethyl adjacent to an activating group) is 1. The number of hydrogen-bond donors (Lipinski definition) is 0. The number of ketones is 1. The van der Waals surface area contributed by atoms with Gasteiger partial charge in [0.05, 0.1) is 6.54 Å². The van der Waals surface area contributed by atoms with E-state index < -0.39 is 11.6 Å². The summed E-state index contributed by atoms with van der Waals surface area (Å²) in [5.74, 6) is -2.04. The van der Waals surface area contributed by atoms with Gasteiger partial charge in [-0.1, -0.05) is 6.92 Å². The van der Waals surface area contributed by atoms with Gasteiger partial charge in [0.25, 0.3) is 0 Å². The van der Waals surface area contributed by atoms with Crippen molar-refractivity contribution in [3.63, 3.8) is 0 Å². The summed E-state index contributed by atoms with van der Waals surface area (Å²) in [6.07, 6.45) is 2.25. The lowest BCUT2D eigenvalue weighted by Crippen LogP contribution is -2.31. The van der Waals surface area contributed by atoms with Crippen molar-refractivity contribution in [2.24, 2.45) is 0 Å². The lowest BCUT2D eigenvalue weighted by atomic mass is 10.1. The molecule has 0 unspecified atom stereocenters.